The third kappa shape index (κ3) is 5.02. The van der Waals surface area contributed by atoms with Gasteiger partial charge < -0.3 is 29.6 Å². The minimum atomic E-state index is -0.581. The highest BCUT2D eigenvalue weighted by Crippen LogP contribution is 2.59. The largest absolute Gasteiger partial charge is 0.493 e. The predicted molar refractivity (Wildman–Crippen MR) is 147 cm³/mol. The SMILES string of the molecule is COc1cccc([C@@H](CNC[C@@H](O)COCC2=CC[C@@H]3C[C@@H]2C3(C)C)c2c[nH]c3ccccc23)c1OC. The molecule has 0 amide bonds. The number of aliphatic hydroxyl groups excluding tert-OH is 1. The predicted octanol–water partition coefficient (Wildman–Crippen LogP) is 5.28. The minimum absolute atomic E-state index is 0.00416. The Morgan fingerprint density at radius 3 is 2.65 bits per heavy atom. The lowest BCUT2D eigenvalue weighted by Crippen LogP contribution is -2.48. The Balaban J connectivity index is 1.24. The number of para-hydroxylation sites is 2. The summed E-state index contributed by atoms with van der Waals surface area (Å²) in [6, 6.07) is 14.3. The zero-order chi connectivity index (χ0) is 26.0. The minimum Gasteiger partial charge on any atom is -0.493 e. The van der Waals surface area contributed by atoms with Gasteiger partial charge in [-0.3, -0.25) is 0 Å². The number of methoxy groups -OCH3 is 2. The molecule has 4 atom stereocenters. The van der Waals surface area contributed by atoms with Crippen molar-refractivity contribution in [1.29, 1.82) is 0 Å². The third-order valence-electron chi connectivity index (χ3n) is 8.70. The van der Waals surface area contributed by atoms with Crippen LogP contribution in [-0.4, -0.2) is 56.7 Å². The van der Waals surface area contributed by atoms with E-state index in [9.17, 15) is 5.11 Å². The van der Waals surface area contributed by atoms with E-state index in [0.717, 1.165) is 29.2 Å². The lowest BCUT2D eigenvalue weighted by molar-refractivity contribution is -0.0235. The molecule has 0 spiro atoms. The molecule has 6 heteroatoms. The molecule has 0 aliphatic heterocycles. The van der Waals surface area contributed by atoms with E-state index in [-0.39, 0.29) is 5.92 Å². The average molecular weight is 505 g/mol. The maximum Gasteiger partial charge on any atom is 0.164 e. The molecule has 3 aliphatic rings. The maximum atomic E-state index is 10.7. The van der Waals surface area contributed by atoms with Crippen molar-refractivity contribution >= 4 is 10.9 Å². The van der Waals surface area contributed by atoms with Crippen LogP contribution in [0.25, 0.3) is 10.9 Å². The first-order valence-corrected chi connectivity index (χ1v) is 13.4. The summed E-state index contributed by atoms with van der Waals surface area (Å²) in [4.78, 5) is 3.40. The first kappa shape index (κ1) is 25.8. The molecule has 0 saturated heterocycles. The van der Waals surface area contributed by atoms with Crippen molar-refractivity contribution in [3.8, 4) is 11.5 Å². The Morgan fingerprint density at radius 2 is 1.89 bits per heavy atom. The van der Waals surface area contributed by atoms with Crippen LogP contribution in [0.2, 0.25) is 0 Å². The molecular weight excluding hydrogens is 464 g/mol. The lowest BCUT2D eigenvalue weighted by Gasteiger charge is -2.56. The summed E-state index contributed by atoms with van der Waals surface area (Å²) in [5.74, 6) is 2.89. The number of allylic oxidation sites excluding steroid dienone is 1. The van der Waals surface area contributed by atoms with E-state index in [4.69, 9.17) is 14.2 Å². The number of ether oxygens (including phenoxy) is 3. The van der Waals surface area contributed by atoms with Gasteiger partial charge in [0.05, 0.1) is 33.5 Å². The van der Waals surface area contributed by atoms with Crippen LogP contribution in [0.1, 0.15) is 43.7 Å². The summed E-state index contributed by atoms with van der Waals surface area (Å²) in [5.41, 5.74) is 5.11. The van der Waals surface area contributed by atoms with Crippen molar-refractivity contribution in [2.45, 2.75) is 38.7 Å². The van der Waals surface area contributed by atoms with Gasteiger partial charge in [-0.15, -0.1) is 0 Å². The number of aromatic amines is 1. The van der Waals surface area contributed by atoms with Crippen LogP contribution in [0.3, 0.4) is 0 Å². The highest BCUT2D eigenvalue weighted by Gasteiger charge is 2.50. The Morgan fingerprint density at radius 1 is 1.05 bits per heavy atom. The molecule has 3 N–H and O–H groups in total. The second kappa shape index (κ2) is 10.9. The molecule has 1 aromatic heterocycles. The molecule has 1 saturated carbocycles. The van der Waals surface area contributed by atoms with E-state index < -0.39 is 6.10 Å². The number of aromatic nitrogens is 1. The fourth-order valence-corrected chi connectivity index (χ4v) is 6.36. The summed E-state index contributed by atoms with van der Waals surface area (Å²) in [5, 5.41) is 15.3. The molecule has 0 unspecified atom stereocenters. The number of aliphatic hydroxyl groups is 1. The number of hydrogen-bond acceptors (Lipinski definition) is 5. The summed E-state index contributed by atoms with van der Waals surface area (Å²) < 4.78 is 17.3. The van der Waals surface area contributed by atoms with E-state index in [2.05, 4.69) is 60.7 Å². The van der Waals surface area contributed by atoms with Crippen LogP contribution in [-0.2, 0) is 4.74 Å². The van der Waals surface area contributed by atoms with Crippen molar-refractivity contribution in [2.75, 3.05) is 40.5 Å². The Kier molecular flexibility index (Phi) is 7.61. The molecule has 1 fully saturated rings. The van der Waals surface area contributed by atoms with Crippen molar-refractivity contribution in [1.82, 2.24) is 10.3 Å². The smallest absolute Gasteiger partial charge is 0.164 e. The van der Waals surface area contributed by atoms with Gasteiger partial charge in [0.2, 0.25) is 0 Å². The van der Waals surface area contributed by atoms with Crippen molar-refractivity contribution in [3.05, 3.63) is 71.4 Å². The van der Waals surface area contributed by atoms with Crippen molar-refractivity contribution < 1.29 is 19.3 Å². The summed E-state index contributed by atoms with van der Waals surface area (Å²) in [6.07, 6.45) is 6.30. The van der Waals surface area contributed by atoms with Gasteiger partial charge in [-0.1, -0.05) is 50.3 Å². The molecule has 6 nitrogen and oxygen atoms in total. The topological polar surface area (TPSA) is 75.7 Å². The van der Waals surface area contributed by atoms with E-state index in [0.29, 0.717) is 43.4 Å². The molecule has 198 valence electrons. The van der Waals surface area contributed by atoms with Crippen molar-refractivity contribution in [3.63, 3.8) is 0 Å². The van der Waals surface area contributed by atoms with Gasteiger partial charge in [0.25, 0.3) is 0 Å². The first-order chi connectivity index (χ1) is 17.9. The monoisotopic (exact) mass is 504 g/mol. The van der Waals surface area contributed by atoms with Crippen LogP contribution in [0.4, 0.5) is 0 Å². The molecule has 6 rings (SSSR count). The Bertz CT molecular complexity index is 1250. The average Bonchev–Trinajstić information content (AvgIpc) is 3.34. The summed E-state index contributed by atoms with van der Waals surface area (Å²) in [6.45, 7) is 6.77. The number of H-pyrrole nitrogens is 1. The van der Waals surface area contributed by atoms with Crippen LogP contribution in [0, 0.1) is 17.3 Å². The fourth-order valence-electron chi connectivity index (χ4n) is 6.36. The van der Waals surface area contributed by atoms with Gasteiger partial charge in [0, 0.05) is 41.7 Å². The number of benzene rings is 2. The van der Waals surface area contributed by atoms with Crippen LogP contribution in [0.15, 0.2) is 60.3 Å². The fraction of sp³-hybridized carbons (Fsp3) is 0.484. The molecule has 2 aromatic carbocycles. The van der Waals surface area contributed by atoms with Crippen molar-refractivity contribution in [2.24, 2.45) is 17.3 Å². The summed E-state index contributed by atoms with van der Waals surface area (Å²) in [7, 11) is 3.33. The van der Waals surface area contributed by atoms with Gasteiger partial charge in [-0.2, -0.15) is 0 Å². The molecule has 37 heavy (non-hydrogen) atoms. The number of rotatable bonds is 12. The molecular formula is C31H40N2O4. The van der Waals surface area contributed by atoms with Gasteiger partial charge in [0.1, 0.15) is 0 Å². The van der Waals surface area contributed by atoms with Crippen LogP contribution in [0.5, 0.6) is 11.5 Å². The van der Waals surface area contributed by atoms with E-state index in [1.165, 1.54) is 22.9 Å². The van der Waals surface area contributed by atoms with E-state index in [1.807, 2.05) is 18.2 Å². The highest BCUT2D eigenvalue weighted by molar-refractivity contribution is 5.84. The number of fused-ring (bicyclic) bond motifs is 2. The third-order valence-corrected chi connectivity index (χ3v) is 8.70. The van der Waals surface area contributed by atoms with E-state index >= 15 is 0 Å². The standard InChI is InChI=1S/C31H40N2O4/c1-31(2)21-13-12-20(27(31)14-21)18-37-19-22(34)15-32-16-25(24-9-7-11-29(35-3)30(24)36-4)26-17-33-28-10-6-5-8-23(26)28/h5-12,17,21-22,25,27,32-34H,13-16,18-19H2,1-4H3/t21-,22-,25-,27+/m1/s1. The molecule has 2 bridgehead atoms. The highest BCUT2D eigenvalue weighted by atomic mass is 16.5. The van der Waals surface area contributed by atoms with Gasteiger partial charge in [0.15, 0.2) is 11.5 Å². The van der Waals surface area contributed by atoms with Gasteiger partial charge >= 0.3 is 0 Å². The Hall–Kier alpha value is -2.80. The second-order valence-corrected chi connectivity index (χ2v) is 11.1. The number of nitrogens with one attached hydrogen (secondary N) is 2. The van der Waals surface area contributed by atoms with Crippen LogP contribution < -0.4 is 14.8 Å². The zero-order valence-corrected chi connectivity index (χ0v) is 22.4. The normalized spacial score (nSPS) is 21.7. The molecule has 3 aliphatic carbocycles. The van der Waals surface area contributed by atoms with Gasteiger partial charge in [-0.05, 0) is 53.4 Å². The summed E-state index contributed by atoms with van der Waals surface area (Å²) >= 11 is 0. The van der Waals surface area contributed by atoms with Gasteiger partial charge in [-0.25, -0.2) is 0 Å². The van der Waals surface area contributed by atoms with Crippen LogP contribution >= 0.6 is 0 Å². The first-order valence-electron chi connectivity index (χ1n) is 13.4. The molecule has 0 radical (unpaired) electrons. The lowest BCUT2D eigenvalue weighted by atomic mass is 9.49. The van der Waals surface area contributed by atoms with E-state index in [1.54, 1.807) is 14.2 Å². The quantitative estimate of drug-likeness (QED) is 0.293. The second-order valence-electron chi connectivity index (χ2n) is 11.1. The molecule has 3 aromatic rings. The zero-order valence-electron chi connectivity index (χ0n) is 22.4. The number of hydrogen-bond donors (Lipinski definition) is 3. The Labute approximate surface area is 220 Å². The maximum absolute atomic E-state index is 10.7. The molecule has 1 heterocycles.